The molecule has 0 fully saturated rings. The van der Waals surface area contributed by atoms with Crippen LogP contribution in [0.1, 0.15) is 34.6 Å². The van der Waals surface area contributed by atoms with E-state index in [-0.39, 0.29) is 22.5 Å². The Morgan fingerprint density at radius 1 is 1.16 bits per heavy atom. The highest BCUT2D eigenvalue weighted by Gasteiger charge is 2.31. The predicted molar refractivity (Wildman–Crippen MR) is 117 cm³/mol. The molecule has 2 aromatic carbocycles. The summed E-state index contributed by atoms with van der Waals surface area (Å²) in [6, 6.07) is 12.6. The number of benzene rings is 2. The smallest absolute Gasteiger partial charge is 0.399 e. The van der Waals surface area contributed by atoms with Crippen LogP contribution >= 0.6 is 11.3 Å². The summed E-state index contributed by atoms with van der Waals surface area (Å²) in [5.41, 5.74) is 4.99. The van der Waals surface area contributed by atoms with Crippen molar-refractivity contribution < 1.29 is 18.0 Å². The molecule has 0 bridgehead atoms. The Morgan fingerprint density at radius 2 is 1.88 bits per heavy atom. The molecule has 0 saturated heterocycles. The number of alkyl halides is 3. The van der Waals surface area contributed by atoms with Crippen LogP contribution in [-0.2, 0) is 6.18 Å². The van der Waals surface area contributed by atoms with E-state index in [0.717, 1.165) is 16.8 Å². The van der Waals surface area contributed by atoms with Gasteiger partial charge in [0.05, 0.1) is 27.4 Å². The van der Waals surface area contributed by atoms with Gasteiger partial charge in [0.15, 0.2) is 5.69 Å². The number of nitrogens with two attached hydrogens (primary N) is 1. The minimum atomic E-state index is -4.57. The van der Waals surface area contributed by atoms with Crippen molar-refractivity contribution in [3.63, 3.8) is 0 Å². The van der Waals surface area contributed by atoms with Crippen molar-refractivity contribution in [1.29, 1.82) is 0 Å². The molecule has 4 aromatic rings. The van der Waals surface area contributed by atoms with Gasteiger partial charge in [0.2, 0.25) is 0 Å². The van der Waals surface area contributed by atoms with Gasteiger partial charge in [-0.25, -0.2) is 0 Å². The van der Waals surface area contributed by atoms with Crippen LogP contribution in [0.5, 0.6) is 0 Å². The number of carbonyl (C=O) groups is 1. The molecule has 6 nitrogen and oxygen atoms in total. The van der Waals surface area contributed by atoms with Crippen LogP contribution in [0.15, 0.2) is 64.8 Å². The molecule has 0 radical (unpaired) electrons. The lowest BCUT2D eigenvalue weighted by Crippen LogP contribution is -2.31. The van der Waals surface area contributed by atoms with Crippen molar-refractivity contribution in [3.05, 3.63) is 87.2 Å². The van der Waals surface area contributed by atoms with E-state index in [9.17, 15) is 22.8 Å². The highest BCUT2D eigenvalue weighted by molar-refractivity contribution is 7.17. The molecule has 2 aromatic heterocycles. The first kappa shape index (κ1) is 21.6. The summed E-state index contributed by atoms with van der Waals surface area (Å²) in [4.78, 5) is 25.9. The minimum Gasteiger partial charge on any atom is -0.399 e. The van der Waals surface area contributed by atoms with Gasteiger partial charge in [0.1, 0.15) is 0 Å². The van der Waals surface area contributed by atoms with Crippen LogP contribution in [0.2, 0.25) is 0 Å². The lowest BCUT2D eigenvalue weighted by Gasteiger charge is -2.17. The van der Waals surface area contributed by atoms with E-state index < -0.39 is 23.7 Å². The van der Waals surface area contributed by atoms with Crippen LogP contribution < -0.4 is 16.6 Å². The van der Waals surface area contributed by atoms with Crippen molar-refractivity contribution in [2.45, 2.75) is 19.1 Å². The molecule has 1 amide bonds. The fourth-order valence-corrected chi connectivity index (χ4v) is 4.16. The van der Waals surface area contributed by atoms with Crippen LogP contribution in [0, 0.1) is 0 Å². The van der Waals surface area contributed by atoms with Gasteiger partial charge in [0, 0.05) is 5.69 Å². The first-order valence-corrected chi connectivity index (χ1v) is 10.4. The Morgan fingerprint density at radius 3 is 2.56 bits per heavy atom. The second kappa shape index (κ2) is 8.12. The zero-order valence-corrected chi connectivity index (χ0v) is 17.5. The number of carbonyl (C=O) groups excluding carboxylic acids is 1. The van der Waals surface area contributed by atoms with Gasteiger partial charge >= 0.3 is 6.18 Å². The zero-order chi connectivity index (χ0) is 23.0. The van der Waals surface area contributed by atoms with Crippen molar-refractivity contribution in [2.75, 3.05) is 5.73 Å². The van der Waals surface area contributed by atoms with Gasteiger partial charge in [-0.05, 0) is 54.3 Å². The number of nitrogens with zero attached hydrogens (tertiary/aromatic N) is 2. The van der Waals surface area contributed by atoms with E-state index in [1.807, 2.05) is 0 Å². The summed E-state index contributed by atoms with van der Waals surface area (Å²) in [5.74, 6) is -0.620. The van der Waals surface area contributed by atoms with Gasteiger partial charge < -0.3 is 11.1 Å². The molecule has 32 heavy (non-hydrogen) atoms. The predicted octanol–water partition coefficient (Wildman–Crippen LogP) is 4.54. The normalized spacial score (nSPS) is 12.6. The van der Waals surface area contributed by atoms with Crippen molar-refractivity contribution in [2.24, 2.45) is 0 Å². The Labute approximate surface area is 184 Å². The number of nitrogens with one attached hydrogen (secondary N) is 1. The fraction of sp³-hybridized carbons (Fsp3) is 0.136. The molecule has 0 spiro atoms. The van der Waals surface area contributed by atoms with E-state index in [1.54, 1.807) is 48.7 Å². The molecule has 0 saturated carbocycles. The lowest BCUT2D eigenvalue weighted by atomic mass is 10.0. The van der Waals surface area contributed by atoms with Crippen molar-refractivity contribution in [3.8, 4) is 5.69 Å². The van der Waals surface area contributed by atoms with Gasteiger partial charge in [-0.1, -0.05) is 18.2 Å². The second-order valence-corrected chi connectivity index (χ2v) is 8.06. The molecule has 0 aliphatic carbocycles. The maximum absolute atomic E-state index is 13.1. The standard InChI is InChI=1S/C22H17F3N4O2S/c1-12(13-9-14(22(23,24)25)11-15(26)10-13)27-20(30)18-19-17(7-8-32-19)21(31)29(28-18)16-5-3-2-4-6-16/h2-12H,26H2,1H3,(H,27,30)/t12-/m1/s1. The van der Waals surface area contributed by atoms with E-state index in [4.69, 9.17) is 5.73 Å². The average molecular weight is 458 g/mol. The molecule has 2 heterocycles. The molecule has 0 aliphatic heterocycles. The highest BCUT2D eigenvalue weighted by Crippen LogP contribution is 2.33. The fourth-order valence-electron chi connectivity index (χ4n) is 3.30. The van der Waals surface area contributed by atoms with Crippen LogP contribution in [0.3, 0.4) is 0 Å². The summed E-state index contributed by atoms with van der Waals surface area (Å²) in [7, 11) is 0. The zero-order valence-electron chi connectivity index (χ0n) is 16.7. The number of para-hydroxylation sites is 1. The van der Waals surface area contributed by atoms with Gasteiger partial charge in [-0.3, -0.25) is 9.59 Å². The number of amides is 1. The average Bonchev–Trinajstić information content (AvgIpc) is 3.24. The van der Waals surface area contributed by atoms with Gasteiger partial charge in [-0.2, -0.15) is 23.0 Å². The number of hydrogen-bond acceptors (Lipinski definition) is 5. The van der Waals surface area contributed by atoms with E-state index in [1.165, 1.54) is 17.4 Å². The quantitative estimate of drug-likeness (QED) is 0.440. The van der Waals surface area contributed by atoms with Crippen molar-refractivity contribution in [1.82, 2.24) is 15.1 Å². The molecule has 0 unspecified atom stereocenters. The summed E-state index contributed by atoms with van der Waals surface area (Å²) in [5, 5.41) is 8.93. The molecular formula is C22H17F3N4O2S. The molecule has 164 valence electrons. The topological polar surface area (TPSA) is 90.0 Å². The van der Waals surface area contributed by atoms with E-state index in [0.29, 0.717) is 15.8 Å². The highest BCUT2D eigenvalue weighted by atomic mass is 32.1. The third kappa shape index (κ3) is 4.09. The second-order valence-electron chi connectivity index (χ2n) is 7.15. The van der Waals surface area contributed by atoms with E-state index in [2.05, 4.69) is 10.4 Å². The summed E-state index contributed by atoms with van der Waals surface area (Å²) >= 11 is 1.19. The van der Waals surface area contributed by atoms with Gasteiger partial charge in [0.25, 0.3) is 11.5 Å². The van der Waals surface area contributed by atoms with Gasteiger partial charge in [-0.15, -0.1) is 11.3 Å². The number of thiophene rings is 1. The minimum absolute atomic E-state index is 0.00486. The number of rotatable bonds is 4. The largest absolute Gasteiger partial charge is 0.416 e. The number of anilines is 1. The Bertz CT molecular complexity index is 1360. The SMILES string of the molecule is C[C@@H](NC(=O)c1nn(-c2ccccc2)c(=O)c2ccsc12)c1cc(N)cc(C(F)(F)F)c1. The molecule has 3 N–H and O–H groups in total. The molecule has 0 aliphatic rings. The Kier molecular flexibility index (Phi) is 5.47. The third-order valence-electron chi connectivity index (χ3n) is 4.87. The number of fused-ring (bicyclic) bond motifs is 1. The molecular weight excluding hydrogens is 441 g/mol. The summed E-state index contributed by atoms with van der Waals surface area (Å²) < 4.78 is 40.9. The Balaban J connectivity index is 1.72. The molecule has 10 heteroatoms. The number of hydrogen-bond donors (Lipinski definition) is 2. The number of nitrogen functional groups attached to an aromatic ring is 1. The monoisotopic (exact) mass is 458 g/mol. The van der Waals surface area contributed by atoms with Crippen LogP contribution in [-0.4, -0.2) is 15.7 Å². The number of aromatic nitrogens is 2. The maximum Gasteiger partial charge on any atom is 0.416 e. The Hall–Kier alpha value is -3.66. The summed E-state index contributed by atoms with van der Waals surface area (Å²) in [6.07, 6.45) is -4.57. The first-order valence-electron chi connectivity index (χ1n) is 9.49. The lowest BCUT2D eigenvalue weighted by molar-refractivity contribution is -0.137. The maximum atomic E-state index is 13.1. The van der Waals surface area contributed by atoms with Crippen molar-refractivity contribution >= 4 is 33.0 Å². The third-order valence-corrected chi connectivity index (χ3v) is 5.79. The van der Waals surface area contributed by atoms with Crippen LogP contribution in [0.4, 0.5) is 18.9 Å². The molecule has 4 rings (SSSR count). The van der Waals surface area contributed by atoms with E-state index >= 15 is 0 Å². The summed E-state index contributed by atoms with van der Waals surface area (Å²) in [6.45, 7) is 1.55. The molecule has 1 atom stereocenters. The first-order chi connectivity index (χ1) is 15.1. The van der Waals surface area contributed by atoms with Crippen LogP contribution in [0.25, 0.3) is 15.8 Å². The number of halogens is 3.